The number of aryl methyl sites for hydroxylation is 1. The van der Waals surface area contributed by atoms with E-state index in [0.717, 1.165) is 46.8 Å². The van der Waals surface area contributed by atoms with Gasteiger partial charge in [-0.2, -0.15) is 0 Å². The standard InChI is InChI=1S/C22H25N3O/c1-16-21(11-14-25-12-2-3-13-25)24-22(26-16)18-9-7-17(8-10-18)19-5-4-6-20(23)15-19/h4-10,15H,2-3,11-14,23H2,1H3. The van der Waals surface area contributed by atoms with Gasteiger partial charge < -0.3 is 15.1 Å². The summed E-state index contributed by atoms with van der Waals surface area (Å²) in [6, 6.07) is 16.2. The van der Waals surface area contributed by atoms with Crippen molar-refractivity contribution in [1.29, 1.82) is 0 Å². The number of benzene rings is 2. The highest BCUT2D eigenvalue weighted by Crippen LogP contribution is 2.27. The molecular weight excluding hydrogens is 322 g/mol. The van der Waals surface area contributed by atoms with Crippen molar-refractivity contribution >= 4 is 5.69 Å². The third kappa shape index (κ3) is 3.65. The van der Waals surface area contributed by atoms with Gasteiger partial charge in [0.05, 0.1) is 5.69 Å². The second-order valence-corrected chi connectivity index (χ2v) is 7.02. The normalized spacial score (nSPS) is 14.8. The predicted molar refractivity (Wildman–Crippen MR) is 106 cm³/mol. The highest BCUT2D eigenvalue weighted by molar-refractivity contribution is 5.70. The van der Waals surface area contributed by atoms with Crippen LogP contribution in [0, 0.1) is 6.92 Å². The summed E-state index contributed by atoms with van der Waals surface area (Å²) in [6.45, 7) is 5.52. The van der Waals surface area contributed by atoms with Crippen molar-refractivity contribution in [2.24, 2.45) is 0 Å². The summed E-state index contributed by atoms with van der Waals surface area (Å²) in [5, 5.41) is 0. The van der Waals surface area contributed by atoms with Crippen LogP contribution in [0.3, 0.4) is 0 Å². The quantitative estimate of drug-likeness (QED) is 0.689. The molecule has 1 fully saturated rings. The zero-order valence-corrected chi connectivity index (χ0v) is 15.2. The maximum atomic E-state index is 5.93. The Bertz CT molecular complexity index is 877. The number of oxazole rings is 1. The molecule has 0 radical (unpaired) electrons. The van der Waals surface area contributed by atoms with E-state index in [4.69, 9.17) is 15.1 Å². The fraction of sp³-hybridized carbons (Fsp3) is 0.318. The van der Waals surface area contributed by atoms with Crippen molar-refractivity contribution in [3.63, 3.8) is 0 Å². The molecule has 1 aliphatic rings. The Morgan fingerprint density at radius 1 is 1.00 bits per heavy atom. The first-order valence-electron chi connectivity index (χ1n) is 9.34. The van der Waals surface area contributed by atoms with Gasteiger partial charge in [-0.25, -0.2) is 4.98 Å². The lowest BCUT2D eigenvalue weighted by molar-refractivity contribution is 0.341. The second kappa shape index (κ2) is 7.34. The summed E-state index contributed by atoms with van der Waals surface area (Å²) >= 11 is 0. The smallest absolute Gasteiger partial charge is 0.226 e. The third-order valence-corrected chi connectivity index (χ3v) is 5.11. The summed E-state index contributed by atoms with van der Waals surface area (Å²) in [4.78, 5) is 7.25. The van der Waals surface area contributed by atoms with Gasteiger partial charge in [-0.1, -0.05) is 24.3 Å². The molecule has 1 aromatic heterocycles. The minimum absolute atomic E-state index is 0.707. The lowest BCUT2D eigenvalue weighted by atomic mass is 10.0. The Labute approximate surface area is 154 Å². The molecule has 26 heavy (non-hydrogen) atoms. The molecule has 0 amide bonds. The molecule has 1 saturated heterocycles. The molecule has 1 aliphatic heterocycles. The van der Waals surface area contributed by atoms with Gasteiger partial charge in [0.2, 0.25) is 5.89 Å². The van der Waals surface area contributed by atoms with E-state index in [9.17, 15) is 0 Å². The van der Waals surface area contributed by atoms with E-state index in [0.29, 0.717) is 5.89 Å². The van der Waals surface area contributed by atoms with Gasteiger partial charge in [-0.05, 0) is 68.2 Å². The average Bonchev–Trinajstić information content (AvgIpc) is 3.30. The van der Waals surface area contributed by atoms with Crippen molar-refractivity contribution in [3.05, 3.63) is 60.0 Å². The maximum absolute atomic E-state index is 5.93. The Morgan fingerprint density at radius 2 is 1.73 bits per heavy atom. The van der Waals surface area contributed by atoms with Crippen molar-refractivity contribution in [2.45, 2.75) is 26.2 Å². The highest BCUT2D eigenvalue weighted by atomic mass is 16.4. The monoisotopic (exact) mass is 347 g/mol. The Hall–Kier alpha value is -2.59. The Morgan fingerprint density at radius 3 is 2.46 bits per heavy atom. The molecule has 2 heterocycles. The van der Waals surface area contributed by atoms with E-state index < -0.39 is 0 Å². The molecule has 4 heteroatoms. The SMILES string of the molecule is Cc1oc(-c2ccc(-c3cccc(N)c3)cc2)nc1CCN1CCCC1. The zero-order valence-electron chi connectivity index (χ0n) is 15.2. The third-order valence-electron chi connectivity index (χ3n) is 5.11. The highest BCUT2D eigenvalue weighted by Gasteiger charge is 2.15. The van der Waals surface area contributed by atoms with Gasteiger partial charge in [0.1, 0.15) is 5.76 Å². The first kappa shape index (κ1) is 16.9. The van der Waals surface area contributed by atoms with E-state index in [1.54, 1.807) is 0 Å². The Balaban J connectivity index is 1.49. The van der Waals surface area contributed by atoms with E-state index in [1.165, 1.54) is 25.9 Å². The molecule has 2 N–H and O–H groups in total. The number of hydrogen-bond acceptors (Lipinski definition) is 4. The number of hydrogen-bond donors (Lipinski definition) is 1. The topological polar surface area (TPSA) is 55.3 Å². The molecule has 3 aromatic rings. The average molecular weight is 347 g/mol. The fourth-order valence-corrected chi connectivity index (χ4v) is 3.58. The number of nitrogen functional groups attached to an aromatic ring is 1. The summed E-state index contributed by atoms with van der Waals surface area (Å²) in [7, 11) is 0. The lowest BCUT2D eigenvalue weighted by Gasteiger charge is -2.12. The summed E-state index contributed by atoms with van der Waals surface area (Å²) in [6.07, 6.45) is 3.60. The van der Waals surface area contributed by atoms with Crippen LogP contribution in [0.4, 0.5) is 5.69 Å². The van der Waals surface area contributed by atoms with Crippen LogP contribution in [0.15, 0.2) is 52.9 Å². The lowest BCUT2D eigenvalue weighted by Crippen LogP contribution is -2.22. The van der Waals surface area contributed by atoms with Gasteiger partial charge >= 0.3 is 0 Å². The van der Waals surface area contributed by atoms with E-state index in [2.05, 4.69) is 35.2 Å². The van der Waals surface area contributed by atoms with Gasteiger partial charge in [-0.15, -0.1) is 0 Å². The number of rotatable bonds is 5. The summed E-state index contributed by atoms with van der Waals surface area (Å²) in [5.74, 6) is 1.64. The van der Waals surface area contributed by atoms with Crippen molar-refractivity contribution in [2.75, 3.05) is 25.4 Å². The minimum Gasteiger partial charge on any atom is -0.441 e. The van der Waals surface area contributed by atoms with Crippen molar-refractivity contribution in [3.8, 4) is 22.6 Å². The maximum Gasteiger partial charge on any atom is 0.226 e. The van der Waals surface area contributed by atoms with Crippen LogP contribution in [0.5, 0.6) is 0 Å². The molecule has 0 bridgehead atoms. The number of anilines is 1. The molecule has 0 saturated carbocycles. The number of likely N-dealkylation sites (tertiary alicyclic amines) is 1. The molecule has 2 aromatic carbocycles. The van der Waals surface area contributed by atoms with E-state index >= 15 is 0 Å². The van der Waals surface area contributed by atoms with Gasteiger partial charge in [0.25, 0.3) is 0 Å². The fourth-order valence-electron chi connectivity index (χ4n) is 3.58. The molecule has 4 nitrogen and oxygen atoms in total. The van der Waals surface area contributed by atoms with Crippen LogP contribution in [-0.4, -0.2) is 29.5 Å². The molecule has 0 unspecified atom stereocenters. The molecule has 4 rings (SSSR count). The predicted octanol–water partition coefficient (Wildman–Crippen LogP) is 4.54. The molecule has 0 atom stereocenters. The van der Waals surface area contributed by atoms with Crippen LogP contribution < -0.4 is 5.73 Å². The zero-order chi connectivity index (χ0) is 17.9. The van der Waals surface area contributed by atoms with Gasteiger partial charge in [-0.3, -0.25) is 0 Å². The molecule has 0 spiro atoms. The second-order valence-electron chi connectivity index (χ2n) is 7.02. The largest absolute Gasteiger partial charge is 0.441 e. The molecule has 0 aliphatic carbocycles. The van der Waals surface area contributed by atoms with Crippen LogP contribution in [0.25, 0.3) is 22.6 Å². The molecule has 134 valence electrons. The van der Waals surface area contributed by atoms with Crippen molar-refractivity contribution in [1.82, 2.24) is 9.88 Å². The minimum atomic E-state index is 0.707. The van der Waals surface area contributed by atoms with Gasteiger partial charge in [0.15, 0.2) is 0 Å². The van der Waals surface area contributed by atoms with Crippen LogP contribution in [-0.2, 0) is 6.42 Å². The van der Waals surface area contributed by atoms with Crippen LogP contribution >= 0.6 is 0 Å². The van der Waals surface area contributed by atoms with Crippen LogP contribution in [0.1, 0.15) is 24.3 Å². The summed E-state index contributed by atoms with van der Waals surface area (Å²) < 4.78 is 5.93. The number of nitrogens with zero attached hydrogens (tertiary/aromatic N) is 2. The van der Waals surface area contributed by atoms with Gasteiger partial charge in [0, 0.05) is 24.2 Å². The summed E-state index contributed by atoms with van der Waals surface area (Å²) in [5.41, 5.74) is 11.0. The van der Waals surface area contributed by atoms with Crippen LogP contribution in [0.2, 0.25) is 0 Å². The van der Waals surface area contributed by atoms with E-state index in [-0.39, 0.29) is 0 Å². The Kier molecular flexibility index (Phi) is 4.76. The van der Waals surface area contributed by atoms with Crippen molar-refractivity contribution < 1.29 is 4.42 Å². The molecular formula is C22H25N3O. The number of nitrogens with two attached hydrogens (primary N) is 1. The first-order valence-corrected chi connectivity index (χ1v) is 9.34. The first-order chi connectivity index (χ1) is 12.7. The van der Waals surface area contributed by atoms with E-state index in [1.807, 2.05) is 25.1 Å². The number of aromatic nitrogens is 1.